The van der Waals surface area contributed by atoms with Gasteiger partial charge < -0.3 is 9.80 Å². The van der Waals surface area contributed by atoms with E-state index in [9.17, 15) is 10.1 Å². The second kappa shape index (κ2) is 9.33. The van der Waals surface area contributed by atoms with Crippen LogP contribution in [0.2, 0.25) is 0 Å². The first-order chi connectivity index (χ1) is 14.7. The lowest BCUT2D eigenvalue weighted by atomic mass is 10.2. The molecule has 1 saturated heterocycles. The molecule has 1 amide bonds. The number of thiazole rings is 1. The monoisotopic (exact) mass is 434 g/mol. The summed E-state index contributed by atoms with van der Waals surface area (Å²) < 4.78 is 0. The van der Waals surface area contributed by atoms with Gasteiger partial charge in [-0.2, -0.15) is 5.26 Å². The van der Waals surface area contributed by atoms with E-state index in [0.29, 0.717) is 17.7 Å². The Kier molecular flexibility index (Phi) is 6.36. The maximum Gasteiger partial charge on any atom is 0.255 e. The molecule has 0 spiro atoms. The van der Waals surface area contributed by atoms with Gasteiger partial charge in [0.1, 0.15) is 6.07 Å². The molecule has 0 bridgehead atoms. The molecule has 5 nitrogen and oxygen atoms in total. The lowest BCUT2D eigenvalue weighted by Crippen LogP contribution is -2.35. The summed E-state index contributed by atoms with van der Waals surface area (Å²) in [5.41, 5.74) is 2.35. The minimum Gasteiger partial charge on any atom is -0.346 e. The van der Waals surface area contributed by atoms with Crippen molar-refractivity contribution in [3.63, 3.8) is 0 Å². The highest BCUT2D eigenvalue weighted by Gasteiger charge is 2.23. The number of nitriles is 1. The molecule has 4 rings (SSSR count). The van der Waals surface area contributed by atoms with E-state index in [1.807, 2.05) is 54.3 Å². The van der Waals surface area contributed by atoms with E-state index >= 15 is 0 Å². The molecular formula is C23H22N4OS2. The largest absolute Gasteiger partial charge is 0.346 e. The number of aryl methyl sites for hydroxylation is 1. The van der Waals surface area contributed by atoms with Crippen molar-refractivity contribution in [3.8, 4) is 6.07 Å². The average molecular weight is 435 g/mol. The normalized spacial score (nSPS) is 14.3. The first-order valence-electron chi connectivity index (χ1n) is 9.88. The van der Waals surface area contributed by atoms with Crippen LogP contribution in [0.5, 0.6) is 0 Å². The molecule has 30 heavy (non-hydrogen) atoms. The molecular weight excluding hydrogens is 412 g/mol. The number of benzene rings is 2. The quantitative estimate of drug-likeness (QED) is 0.589. The molecule has 2 heterocycles. The second-order valence-corrected chi connectivity index (χ2v) is 9.03. The standard InChI is InChI=1S/C23H22N4OS2/c1-17-16-29-23(25-17)27-12-6-11-26(13-14-27)22(28)19-8-3-5-10-21(19)30-20-9-4-2-7-18(20)15-24/h2-5,7-10,16H,6,11-14H2,1H3. The predicted octanol–water partition coefficient (Wildman–Crippen LogP) is 4.83. The molecule has 1 aliphatic heterocycles. The van der Waals surface area contributed by atoms with Gasteiger partial charge in [-0.1, -0.05) is 36.0 Å². The van der Waals surface area contributed by atoms with Crippen molar-refractivity contribution in [2.24, 2.45) is 0 Å². The molecule has 152 valence electrons. The van der Waals surface area contributed by atoms with Crippen molar-refractivity contribution in [2.75, 3.05) is 31.1 Å². The maximum atomic E-state index is 13.4. The molecule has 0 aliphatic carbocycles. The van der Waals surface area contributed by atoms with E-state index in [0.717, 1.165) is 46.7 Å². The van der Waals surface area contributed by atoms with E-state index < -0.39 is 0 Å². The fourth-order valence-corrected chi connectivity index (χ4v) is 5.34. The number of amides is 1. The number of nitrogens with zero attached hydrogens (tertiary/aromatic N) is 4. The number of anilines is 1. The van der Waals surface area contributed by atoms with Crippen LogP contribution in [0.3, 0.4) is 0 Å². The zero-order chi connectivity index (χ0) is 20.9. The van der Waals surface area contributed by atoms with Crippen molar-refractivity contribution in [2.45, 2.75) is 23.1 Å². The van der Waals surface area contributed by atoms with E-state index in [1.54, 1.807) is 17.4 Å². The topological polar surface area (TPSA) is 60.2 Å². The van der Waals surface area contributed by atoms with Crippen molar-refractivity contribution in [1.29, 1.82) is 5.26 Å². The maximum absolute atomic E-state index is 13.4. The minimum absolute atomic E-state index is 0.0460. The Morgan fingerprint density at radius 2 is 1.83 bits per heavy atom. The van der Waals surface area contributed by atoms with Crippen molar-refractivity contribution < 1.29 is 4.79 Å². The van der Waals surface area contributed by atoms with Crippen LogP contribution in [-0.4, -0.2) is 42.0 Å². The molecule has 0 saturated carbocycles. The van der Waals surface area contributed by atoms with Crippen LogP contribution >= 0.6 is 23.1 Å². The van der Waals surface area contributed by atoms with Crippen molar-refractivity contribution >= 4 is 34.1 Å². The second-order valence-electron chi connectivity index (χ2n) is 7.11. The Hall–Kier alpha value is -2.82. The summed E-state index contributed by atoms with van der Waals surface area (Å²) in [6.07, 6.45) is 0.914. The number of carbonyl (C=O) groups excluding carboxylic acids is 1. The zero-order valence-corrected chi connectivity index (χ0v) is 18.4. The highest BCUT2D eigenvalue weighted by atomic mass is 32.2. The lowest BCUT2D eigenvalue weighted by Gasteiger charge is -2.22. The Labute approximate surface area is 185 Å². The first-order valence-corrected chi connectivity index (χ1v) is 11.6. The van der Waals surface area contributed by atoms with Crippen molar-refractivity contribution in [3.05, 3.63) is 70.7 Å². The summed E-state index contributed by atoms with van der Waals surface area (Å²) in [7, 11) is 0. The number of hydrogen-bond acceptors (Lipinski definition) is 6. The molecule has 0 unspecified atom stereocenters. The van der Waals surface area contributed by atoms with Crippen LogP contribution in [0.4, 0.5) is 5.13 Å². The van der Waals surface area contributed by atoms with Crippen LogP contribution < -0.4 is 4.90 Å². The third-order valence-electron chi connectivity index (χ3n) is 5.01. The lowest BCUT2D eigenvalue weighted by molar-refractivity contribution is 0.0763. The highest BCUT2D eigenvalue weighted by Crippen LogP contribution is 2.33. The third-order valence-corrected chi connectivity index (χ3v) is 7.18. The van der Waals surface area contributed by atoms with Crippen LogP contribution in [-0.2, 0) is 0 Å². The third kappa shape index (κ3) is 4.50. The molecule has 0 radical (unpaired) electrons. The highest BCUT2D eigenvalue weighted by molar-refractivity contribution is 7.99. The summed E-state index contributed by atoms with van der Waals surface area (Å²) in [6.45, 7) is 5.10. The fourth-order valence-electron chi connectivity index (χ4n) is 3.47. The van der Waals surface area contributed by atoms with Gasteiger partial charge in [0.05, 0.1) is 16.8 Å². The fraction of sp³-hybridized carbons (Fsp3) is 0.261. The van der Waals surface area contributed by atoms with Crippen LogP contribution in [0.25, 0.3) is 0 Å². The predicted molar refractivity (Wildman–Crippen MR) is 121 cm³/mol. The first kappa shape index (κ1) is 20.5. The number of hydrogen-bond donors (Lipinski definition) is 0. The number of carbonyl (C=O) groups is 1. The zero-order valence-electron chi connectivity index (χ0n) is 16.7. The SMILES string of the molecule is Cc1csc(N2CCCN(C(=O)c3ccccc3Sc3ccccc3C#N)CC2)n1. The van der Waals surface area contributed by atoms with Gasteiger partial charge in [-0.15, -0.1) is 11.3 Å². The molecule has 0 N–H and O–H groups in total. The van der Waals surface area contributed by atoms with Gasteiger partial charge in [0.15, 0.2) is 5.13 Å². The van der Waals surface area contributed by atoms with Gasteiger partial charge in [0, 0.05) is 41.4 Å². The molecule has 1 aromatic heterocycles. The van der Waals surface area contributed by atoms with Crippen LogP contribution in [0.1, 0.15) is 28.0 Å². The van der Waals surface area contributed by atoms with Gasteiger partial charge >= 0.3 is 0 Å². The van der Waals surface area contributed by atoms with Crippen molar-refractivity contribution in [1.82, 2.24) is 9.88 Å². The summed E-state index contributed by atoms with van der Waals surface area (Å²) in [5, 5.41) is 12.5. The summed E-state index contributed by atoms with van der Waals surface area (Å²) in [4.78, 5) is 23.9. The van der Waals surface area contributed by atoms with Gasteiger partial charge in [-0.25, -0.2) is 4.98 Å². The minimum atomic E-state index is 0.0460. The Balaban J connectivity index is 1.52. The van der Waals surface area contributed by atoms with Gasteiger partial charge in [0.25, 0.3) is 5.91 Å². The van der Waals surface area contributed by atoms with Gasteiger partial charge in [0.2, 0.25) is 0 Å². The van der Waals surface area contributed by atoms with Crippen LogP contribution in [0.15, 0.2) is 63.7 Å². The summed E-state index contributed by atoms with van der Waals surface area (Å²) in [5.74, 6) is 0.0460. The average Bonchev–Trinajstić information content (AvgIpc) is 3.06. The summed E-state index contributed by atoms with van der Waals surface area (Å²) in [6, 6.07) is 17.4. The van der Waals surface area contributed by atoms with E-state index in [-0.39, 0.29) is 5.91 Å². The Morgan fingerprint density at radius 1 is 1.07 bits per heavy atom. The van der Waals surface area contributed by atoms with E-state index in [1.165, 1.54) is 11.8 Å². The molecule has 3 aromatic rings. The smallest absolute Gasteiger partial charge is 0.255 e. The van der Waals surface area contributed by atoms with Gasteiger partial charge in [-0.05, 0) is 37.6 Å². The molecule has 0 atom stereocenters. The van der Waals surface area contributed by atoms with Crippen LogP contribution in [0, 0.1) is 18.3 Å². The number of rotatable bonds is 4. The molecule has 2 aromatic carbocycles. The van der Waals surface area contributed by atoms with Gasteiger partial charge in [-0.3, -0.25) is 4.79 Å². The Bertz CT molecular complexity index is 1090. The summed E-state index contributed by atoms with van der Waals surface area (Å²) >= 11 is 3.13. The Morgan fingerprint density at radius 3 is 2.60 bits per heavy atom. The van der Waals surface area contributed by atoms with E-state index in [4.69, 9.17) is 0 Å². The molecule has 1 aliphatic rings. The molecule has 1 fully saturated rings. The molecule has 7 heteroatoms. The van der Waals surface area contributed by atoms with E-state index in [2.05, 4.69) is 21.3 Å². The number of aromatic nitrogens is 1.